The second kappa shape index (κ2) is 4.56. The summed E-state index contributed by atoms with van der Waals surface area (Å²) in [6.45, 7) is 4.00. The summed E-state index contributed by atoms with van der Waals surface area (Å²) in [6.07, 6.45) is 2.25. The molecule has 0 fully saturated rings. The van der Waals surface area contributed by atoms with Gasteiger partial charge in [-0.3, -0.25) is 5.10 Å². The number of aromatic nitrogens is 2. The van der Waals surface area contributed by atoms with Gasteiger partial charge in [0.25, 0.3) is 0 Å². The van der Waals surface area contributed by atoms with Crippen LogP contribution in [0.4, 0.5) is 0 Å². The van der Waals surface area contributed by atoms with E-state index in [0.717, 1.165) is 11.3 Å². The van der Waals surface area contributed by atoms with Gasteiger partial charge in [0.2, 0.25) is 10.0 Å². The Hall–Kier alpha value is -0.880. The molecule has 2 N–H and O–H groups in total. The Kier molecular flexibility index (Phi) is 3.65. The first kappa shape index (κ1) is 11.2. The summed E-state index contributed by atoms with van der Waals surface area (Å²) in [7, 11) is -3.12. The largest absolute Gasteiger partial charge is 0.283 e. The molecular formula is C8H15N3O2S. The molecule has 0 saturated heterocycles. The molecule has 0 aliphatic carbocycles. The summed E-state index contributed by atoms with van der Waals surface area (Å²) in [5.74, 6) is 0.171. The first-order chi connectivity index (χ1) is 6.55. The van der Waals surface area contributed by atoms with Crippen LogP contribution in [0.1, 0.15) is 24.6 Å². The molecular weight excluding hydrogens is 202 g/mol. The molecule has 1 aromatic heterocycles. The van der Waals surface area contributed by atoms with Crippen molar-refractivity contribution in [2.24, 2.45) is 0 Å². The fourth-order valence-corrected chi connectivity index (χ4v) is 2.14. The maximum atomic E-state index is 11.3. The number of sulfonamides is 1. The van der Waals surface area contributed by atoms with Gasteiger partial charge in [0, 0.05) is 17.8 Å². The zero-order chi connectivity index (χ0) is 10.6. The quantitative estimate of drug-likeness (QED) is 0.756. The molecule has 1 aromatic rings. The van der Waals surface area contributed by atoms with Crippen LogP contribution < -0.4 is 4.72 Å². The van der Waals surface area contributed by atoms with Gasteiger partial charge in [-0.1, -0.05) is 6.92 Å². The highest BCUT2D eigenvalue weighted by Crippen LogP contribution is 2.02. The molecule has 1 heterocycles. The van der Waals surface area contributed by atoms with Crippen molar-refractivity contribution in [3.8, 4) is 0 Å². The van der Waals surface area contributed by atoms with E-state index in [0.29, 0.717) is 13.0 Å². The van der Waals surface area contributed by atoms with Crippen LogP contribution in [0.5, 0.6) is 0 Å². The van der Waals surface area contributed by atoms with Crippen LogP contribution in [0.2, 0.25) is 0 Å². The molecule has 80 valence electrons. The summed E-state index contributed by atoms with van der Waals surface area (Å²) in [6, 6.07) is 0. The minimum atomic E-state index is -3.12. The Bertz CT molecular complexity index is 383. The average molecular weight is 217 g/mol. The monoisotopic (exact) mass is 217 g/mol. The van der Waals surface area contributed by atoms with Crippen LogP contribution in [0.15, 0.2) is 6.20 Å². The Labute approximate surface area is 84.0 Å². The lowest BCUT2D eigenvalue weighted by molar-refractivity contribution is 0.580. The zero-order valence-corrected chi connectivity index (χ0v) is 9.19. The van der Waals surface area contributed by atoms with Gasteiger partial charge in [0.1, 0.15) is 0 Å². The van der Waals surface area contributed by atoms with E-state index in [1.54, 1.807) is 6.20 Å². The molecule has 0 saturated carbocycles. The molecule has 0 unspecified atom stereocenters. The predicted molar refractivity (Wildman–Crippen MR) is 54.2 cm³/mol. The van der Waals surface area contributed by atoms with E-state index in [-0.39, 0.29) is 5.75 Å². The van der Waals surface area contributed by atoms with E-state index in [1.165, 1.54) is 0 Å². The molecule has 0 atom stereocenters. The van der Waals surface area contributed by atoms with Gasteiger partial charge in [-0.15, -0.1) is 0 Å². The molecule has 14 heavy (non-hydrogen) atoms. The van der Waals surface area contributed by atoms with Gasteiger partial charge >= 0.3 is 0 Å². The van der Waals surface area contributed by atoms with Crippen molar-refractivity contribution in [3.63, 3.8) is 0 Å². The van der Waals surface area contributed by atoms with Crippen molar-refractivity contribution < 1.29 is 8.42 Å². The molecule has 0 aliphatic heterocycles. The van der Waals surface area contributed by atoms with E-state index in [2.05, 4.69) is 14.9 Å². The number of aryl methyl sites for hydroxylation is 1. The van der Waals surface area contributed by atoms with E-state index in [9.17, 15) is 8.42 Å². The van der Waals surface area contributed by atoms with Crippen molar-refractivity contribution in [3.05, 3.63) is 17.5 Å². The molecule has 0 aromatic carbocycles. The minimum Gasteiger partial charge on any atom is -0.283 e. The number of aromatic amines is 1. The number of rotatable bonds is 5. The highest BCUT2D eigenvalue weighted by Gasteiger charge is 2.09. The summed E-state index contributed by atoms with van der Waals surface area (Å²) >= 11 is 0. The number of hydrogen-bond donors (Lipinski definition) is 2. The van der Waals surface area contributed by atoms with Gasteiger partial charge in [0.05, 0.1) is 11.9 Å². The fourth-order valence-electron chi connectivity index (χ4n) is 1.08. The Morgan fingerprint density at radius 3 is 2.79 bits per heavy atom. The van der Waals surface area contributed by atoms with E-state index < -0.39 is 10.0 Å². The third-order valence-electron chi connectivity index (χ3n) is 1.89. The van der Waals surface area contributed by atoms with Gasteiger partial charge in [-0.05, 0) is 13.3 Å². The third kappa shape index (κ3) is 3.12. The van der Waals surface area contributed by atoms with Crippen LogP contribution in [0, 0.1) is 6.92 Å². The molecule has 5 nitrogen and oxygen atoms in total. The van der Waals surface area contributed by atoms with E-state index in [4.69, 9.17) is 0 Å². The van der Waals surface area contributed by atoms with Gasteiger partial charge in [-0.25, -0.2) is 13.1 Å². The number of H-pyrrole nitrogens is 1. The lowest BCUT2D eigenvalue weighted by atomic mass is 10.3. The Balaban J connectivity index is 2.53. The fraction of sp³-hybridized carbons (Fsp3) is 0.625. The minimum absolute atomic E-state index is 0.171. The zero-order valence-electron chi connectivity index (χ0n) is 8.37. The molecule has 0 amide bonds. The lowest BCUT2D eigenvalue weighted by Crippen LogP contribution is -2.25. The topological polar surface area (TPSA) is 74.8 Å². The van der Waals surface area contributed by atoms with Crippen molar-refractivity contribution >= 4 is 10.0 Å². The molecule has 6 heteroatoms. The van der Waals surface area contributed by atoms with Crippen molar-refractivity contribution in [2.45, 2.75) is 26.8 Å². The highest BCUT2D eigenvalue weighted by atomic mass is 32.2. The van der Waals surface area contributed by atoms with E-state index in [1.807, 2.05) is 13.8 Å². The SMILES string of the molecule is CCCS(=O)(=O)NCc1cn[nH]c1C. The lowest BCUT2D eigenvalue weighted by Gasteiger charge is -2.03. The maximum absolute atomic E-state index is 11.3. The normalized spacial score (nSPS) is 11.9. The standard InChI is InChI=1S/C8H15N3O2S/c1-3-4-14(12,13)10-6-8-5-9-11-7(8)2/h5,10H,3-4,6H2,1-2H3,(H,9,11). The number of nitrogens with zero attached hydrogens (tertiary/aromatic N) is 1. The highest BCUT2D eigenvalue weighted by molar-refractivity contribution is 7.89. The van der Waals surface area contributed by atoms with Gasteiger partial charge in [-0.2, -0.15) is 5.10 Å². The van der Waals surface area contributed by atoms with Crippen molar-refractivity contribution in [2.75, 3.05) is 5.75 Å². The van der Waals surface area contributed by atoms with Crippen LogP contribution in [-0.4, -0.2) is 24.4 Å². The van der Waals surface area contributed by atoms with Gasteiger partial charge < -0.3 is 0 Å². The smallest absolute Gasteiger partial charge is 0.211 e. The second-order valence-corrected chi connectivity index (χ2v) is 5.09. The second-order valence-electron chi connectivity index (χ2n) is 3.16. The maximum Gasteiger partial charge on any atom is 0.211 e. The molecule has 0 spiro atoms. The third-order valence-corrected chi connectivity index (χ3v) is 3.42. The molecule has 1 rings (SSSR count). The van der Waals surface area contributed by atoms with Crippen LogP contribution >= 0.6 is 0 Å². The summed E-state index contributed by atoms with van der Waals surface area (Å²) in [5.41, 5.74) is 1.77. The molecule has 0 radical (unpaired) electrons. The first-order valence-electron chi connectivity index (χ1n) is 4.51. The number of hydrogen-bond acceptors (Lipinski definition) is 3. The molecule has 0 aliphatic rings. The van der Waals surface area contributed by atoms with Crippen LogP contribution in [0.3, 0.4) is 0 Å². The Morgan fingerprint density at radius 2 is 2.29 bits per heavy atom. The Morgan fingerprint density at radius 1 is 1.57 bits per heavy atom. The van der Waals surface area contributed by atoms with Crippen molar-refractivity contribution in [1.82, 2.24) is 14.9 Å². The summed E-state index contributed by atoms with van der Waals surface area (Å²) in [5, 5.41) is 6.56. The first-order valence-corrected chi connectivity index (χ1v) is 6.16. The van der Waals surface area contributed by atoms with Gasteiger partial charge in [0.15, 0.2) is 0 Å². The van der Waals surface area contributed by atoms with E-state index >= 15 is 0 Å². The molecule has 0 bridgehead atoms. The average Bonchev–Trinajstić information content (AvgIpc) is 2.48. The summed E-state index contributed by atoms with van der Waals surface area (Å²) < 4.78 is 25.1. The van der Waals surface area contributed by atoms with Crippen molar-refractivity contribution in [1.29, 1.82) is 0 Å². The van der Waals surface area contributed by atoms with Crippen LogP contribution in [-0.2, 0) is 16.6 Å². The number of nitrogens with one attached hydrogen (secondary N) is 2. The predicted octanol–water partition coefficient (Wildman–Crippen LogP) is 0.548. The van der Waals surface area contributed by atoms with Crippen LogP contribution in [0.25, 0.3) is 0 Å². The summed E-state index contributed by atoms with van der Waals surface area (Å²) in [4.78, 5) is 0.